The number of halogens is 4. The molecule has 0 radical (unpaired) electrons. The minimum Gasteiger partial charge on any atom is -0.486 e. The Morgan fingerprint density at radius 3 is 2.38 bits per heavy atom. The third kappa shape index (κ3) is 6.18. The number of ether oxygens (including phenoxy) is 1. The Hall–Kier alpha value is -1.24. The third-order valence-electron chi connectivity index (χ3n) is 3.10. The average molecular weight is 451 g/mol. The predicted molar refractivity (Wildman–Crippen MR) is 114 cm³/mol. The maximum Gasteiger partial charge on any atom is 0.186 e. The van der Waals surface area contributed by atoms with E-state index in [2.05, 4.69) is 15.8 Å². The van der Waals surface area contributed by atoms with E-state index in [0.29, 0.717) is 43.1 Å². The van der Waals surface area contributed by atoms with Crippen LogP contribution in [0, 0.1) is 0 Å². The minimum atomic E-state index is 0.252. The fourth-order valence-corrected chi connectivity index (χ4v) is 3.07. The Kier molecular flexibility index (Phi) is 8.25. The summed E-state index contributed by atoms with van der Waals surface area (Å²) in [5.41, 5.74) is 4.24. The molecule has 26 heavy (non-hydrogen) atoms. The van der Waals surface area contributed by atoms with Crippen LogP contribution >= 0.6 is 58.6 Å². The highest BCUT2D eigenvalue weighted by Crippen LogP contribution is 2.34. The molecule has 2 rings (SSSR count). The molecule has 2 aromatic rings. The molecule has 0 aliphatic rings. The van der Waals surface area contributed by atoms with Gasteiger partial charge < -0.3 is 10.1 Å². The standard InChI is InChI=1S/C17H15Cl4N3OS/c1-2-22-17(26)24-23-8-11-6-14(20)16(15(21)7-11)25-9-10-3-4-12(18)13(19)5-10/h3-8H,2,9H2,1H3,(H2,22,24,26). The summed E-state index contributed by atoms with van der Waals surface area (Å²) >= 11 is 29.5. The van der Waals surface area contributed by atoms with Gasteiger partial charge in [-0.3, -0.25) is 5.43 Å². The normalized spacial score (nSPS) is 10.8. The van der Waals surface area contributed by atoms with Gasteiger partial charge in [0.05, 0.1) is 26.3 Å². The van der Waals surface area contributed by atoms with Gasteiger partial charge in [0.1, 0.15) is 6.61 Å². The first-order valence-corrected chi connectivity index (χ1v) is 9.45. The lowest BCUT2D eigenvalue weighted by Crippen LogP contribution is -2.31. The molecule has 0 saturated heterocycles. The number of hydrogen-bond acceptors (Lipinski definition) is 3. The topological polar surface area (TPSA) is 45.7 Å². The number of thiocarbonyl (C=S) groups is 1. The monoisotopic (exact) mass is 449 g/mol. The summed E-state index contributed by atoms with van der Waals surface area (Å²) in [4.78, 5) is 0. The van der Waals surface area contributed by atoms with Crippen LogP contribution in [0.1, 0.15) is 18.1 Å². The van der Waals surface area contributed by atoms with E-state index in [1.807, 2.05) is 13.0 Å². The molecule has 0 aliphatic heterocycles. The fourth-order valence-electron chi connectivity index (χ4n) is 1.94. The van der Waals surface area contributed by atoms with E-state index in [4.69, 9.17) is 63.4 Å². The number of hydrazone groups is 1. The molecule has 0 fully saturated rings. The second kappa shape index (κ2) is 10.2. The molecular formula is C17H15Cl4N3OS. The lowest BCUT2D eigenvalue weighted by atomic mass is 10.2. The lowest BCUT2D eigenvalue weighted by molar-refractivity contribution is 0.306. The van der Waals surface area contributed by atoms with Crippen LogP contribution in [-0.2, 0) is 6.61 Å². The van der Waals surface area contributed by atoms with Gasteiger partial charge in [-0.15, -0.1) is 0 Å². The van der Waals surface area contributed by atoms with Crippen LogP contribution in [0.25, 0.3) is 0 Å². The summed E-state index contributed by atoms with van der Waals surface area (Å²) in [7, 11) is 0. The molecule has 0 amide bonds. The van der Waals surface area contributed by atoms with Gasteiger partial charge in [-0.25, -0.2) is 0 Å². The van der Waals surface area contributed by atoms with E-state index >= 15 is 0 Å². The number of rotatable bonds is 6. The largest absolute Gasteiger partial charge is 0.486 e. The summed E-state index contributed by atoms with van der Waals surface area (Å²) in [5.74, 6) is 0.382. The molecule has 0 heterocycles. The second-order valence-electron chi connectivity index (χ2n) is 5.08. The molecular weight excluding hydrogens is 436 g/mol. The highest BCUT2D eigenvalue weighted by molar-refractivity contribution is 7.80. The summed E-state index contributed by atoms with van der Waals surface area (Å²) < 4.78 is 5.72. The zero-order chi connectivity index (χ0) is 19.1. The van der Waals surface area contributed by atoms with E-state index in [1.54, 1.807) is 30.5 Å². The first-order valence-electron chi connectivity index (χ1n) is 7.53. The molecule has 0 spiro atoms. The summed E-state index contributed by atoms with van der Waals surface area (Å²) in [6, 6.07) is 8.63. The van der Waals surface area contributed by atoms with E-state index in [-0.39, 0.29) is 6.61 Å². The van der Waals surface area contributed by atoms with Crippen LogP contribution in [0.2, 0.25) is 20.1 Å². The van der Waals surface area contributed by atoms with Gasteiger partial charge in [-0.2, -0.15) is 5.10 Å². The second-order valence-corrected chi connectivity index (χ2v) is 7.12. The van der Waals surface area contributed by atoms with Gasteiger partial charge in [-0.1, -0.05) is 52.5 Å². The highest BCUT2D eigenvalue weighted by Gasteiger charge is 2.10. The fraction of sp³-hybridized carbons (Fsp3) is 0.176. The van der Waals surface area contributed by atoms with Crippen LogP contribution in [0.3, 0.4) is 0 Å². The smallest absolute Gasteiger partial charge is 0.186 e. The van der Waals surface area contributed by atoms with Gasteiger partial charge in [0.15, 0.2) is 10.9 Å². The number of hydrogen-bond donors (Lipinski definition) is 2. The van der Waals surface area contributed by atoms with Gasteiger partial charge in [-0.05, 0) is 54.5 Å². The maximum atomic E-state index is 6.27. The van der Waals surface area contributed by atoms with Crippen LogP contribution in [0.4, 0.5) is 0 Å². The zero-order valence-corrected chi connectivity index (χ0v) is 17.5. The molecule has 9 heteroatoms. The predicted octanol–water partition coefficient (Wildman–Crippen LogP) is 5.70. The van der Waals surface area contributed by atoms with Gasteiger partial charge in [0, 0.05) is 6.54 Å². The van der Waals surface area contributed by atoms with Gasteiger partial charge in [0.2, 0.25) is 0 Å². The molecule has 2 N–H and O–H groups in total. The van der Waals surface area contributed by atoms with Crippen LogP contribution in [0.15, 0.2) is 35.4 Å². The van der Waals surface area contributed by atoms with Crippen molar-refractivity contribution in [1.82, 2.24) is 10.7 Å². The van der Waals surface area contributed by atoms with Crippen molar-refractivity contribution in [2.75, 3.05) is 6.54 Å². The van der Waals surface area contributed by atoms with Crippen molar-refractivity contribution >= 4 is 69.9 Å². The summed E-state index contributed by atoms with van der Waals surface area (Å²) in [6.45, 7) is 2.90. The van der Waals surface area contributed by atoms with Crippen molar-refractivity contribution < 1.29 is 4.74 Å². The Balaban J connectivity index is 2.05. The average Bonchev–Trinajstić information content (AvgIpc) is 2.57. The third-order valence-corrected chi connectivity index (χ3v) is 4.64. The van der Waals surface area contributed by atoms with Crippen molar-refractivity contribution in [1.29, 1.82) is 0 Å². The zero-order valence-electron chi connectivity index (χ0n) is 13.7. The van der Waals surface area contributed by atoms with Gasteiger partial charge in [0.25, 0.3) is 0 Å². The Morgan fingerprint density at radius 1 is 1.08 bits per heavy atom. The summed E-state index contributed by atoms with van der Waals surface area (Å²) in [5, 5.41) is 9.05. The number of benzene rings is 2. The van der Waals surface area contributed by atoms with E-state index in [0.717, 1.165) is 5.56 Å². The Morgan fingerprint density at radius 2 is 1.77 bits per heavy atom. The van der Waals surface area contributed by atoms with Crippen LogP contribution in [-0.4, -0.2) is 17.9 Å². The SMILES string of the molecule is CCNC(=S)NN=Cc1cc(Cl)c(OCc2ccc(Cl)c(Cl)c2)c(Cl)c1. The highest BCUT2D eigenvalue weighted by atomic mass is 35.5. The first kappa shape index (κ1) is 21.1. The van der Waals surface area contributed by atoms with E-state index in [1.165, 1.54) is 0 Å². The molecule has 0 unspecified atom stereocenters. The quantitative estimate of drug-likeness (QED) is 0.336. The molecule has 0 bridgehead atoms. The van der Waals surface area contributed by atoms with Crippen molar-refractivity contribution in [2.45, 2.75) is 13.5 Å². The van der Waals surface area contributed by atoms with Crippen molar-refractivity contribution in [3.63, 3.8) is 0 Å². The molecule has 0 atom stereocenters. The molecule has 0 aliphatic carbocycles. The maximum absolute atomic E-state index is 6.27. The molecule has 4 nitrogen and oxygen atoms in total. The van der Waals surface area contributed by atoms with Crippen LogP contribution in [0.5, 0.6) is 5.75 Å². The summed E-state index contributed by atoms with van der Waals surface area (Å²) in [6.07, 6.45) is 1.56. The van der Waals surface area contributed by atoms with E-state index < -0.39 is 0 Å². The molecule has 2 aromatic carbocycles. The molecule has 0 saturated carbocycles. The lowest BCUT2D eigenvalue weighted by Gasteiger charge is -2.11. The Bertz CT molecular complexity index is 807. The Labute approximate surface area is 177 Å². The molecule has 0 aromatic heterocycles. The number of nitrogens with one attached hydrogen (secondary N) is 2. The first-order chi connectivity index (χ1) is 12.4. The van der Waals surface area contributed by atoms with Crippen molar-refractivity contribution in [3.05, 3.63) is 61.5 Å². The van der Waals surface area contributed by atoms with Crippen LogP contribution < -0.4 is 15.5 Å². The minimum absolute atomic E-state index is 0.252. The molecule has 138 valence electrons. The van der Waals surface area contributed by atoms with E-state index in [9.17, 15) is 0 Å². The van der Waals surface area contributed by atoms with Gasteiger partial charge >= 0.3 is 0 Å². The number of nitrogens with zero attached hydrogens (tertiary/aromatic N) is 1. The van der Waals surface area contributed by atoms with Crippen molar-refractivity contribution in [3.8, 4) is 5.75 Å². The van der Waals surface area contributed by atoms with Crippen molar-refractivity contribution in [2.24, 2.45) is 5.10 Å².